The van der Waals surface area contributed by atoms with E-state index in [0.29, 0.717) is 25.1 Å². The minimum Gasteiger partial charge on any atom is -0.469 e. The topological polar surface area (TPSA) is 88.4 Å². The second-order valence-electron chi connectivity index (χ2n) is 6.43. The molecule has 0 bridgehead atoms. The van der Waals surface area contributed by atoms with E-state index in [-0.39, 0.29) is 30.1 Å². The third-order valence-electron chi connectivity index (χ3n) is 4.86. The predicted octanol–water partition coefficient (Wildman–Crippen LogP) is 2.53. The van der Waals surface area contributed by atoms with Crippen molar-refractivity contribution in [1.82, 2.24) is 4.90 Å². The Morgan fingerprint density at radius 2 is 1.92 bits per heavy atom. The van der Waals surface area contributed by atoms with Gasteiger partial charge in [0.15, 0.2) is 0 Å². The average Bonchev–Trinajstić information content (AvgIpc) is 2.64. The zero-order chi connectivity index (χ0) is 17.8. The molecular weight excluding hydrogens is 322 g/mol. The lowest BCUT2D eigenvalue weighted by Gasteiger charge is -2.32. The first-order valence-electron chi connectivity index (χ1n) is 8.47. The summed E-state index contributed by atoms with van der Waals surface area (Å²) in [7, 11) is 1.39. The summed E-state index contributed by atoms with van der Waals surface area (Å²) in [6.45, 7) is 1.26. The lowest BCUT2D eigenvalue weighted by Crippen LogP contribution is -2.39. The number of fused-ring (bicyclic) bond motifs is 1. The van der Waals surface area contributed by atoms with Gasteiger partial charge in [-0.1, -0.05) is 18.2 Å². The summed E-state index contributed by atoms with van der Waals surface area (Å²) in [5.41, 5.74) is 1.28. The monoisotopic (exact) mass is 343 g/mol. The van der Waals surface area contributed by atoms with E-state index in [1.54, 1.807) is 12.1 Å². The third-order valence-corrected chi connectivity index (χ3v) is 4.86. The summed E-state index contributed by atoms with van der Waals surface area (Å²) in [6, 6.07) is 6.75. The molecule has 0 radical (unpaired) electrons. The van der Waals surface area contributed by atoms with Gasteiger partial charge in [-0.05, 0) is 30.4 Å². The standard InChI is InChI=1S/C18H21N3O4/c1-25-17(23)10-12-6-8-21(9-7-12)16(22)11-15-13-4-2-3-5-14(13)18(24)20-19-15/h2-5,12,15H,6-11H2,1H3. The number of nitrogens with zero attached hydrogens (tertiary/aromatic N) is 3. The fraction of sp³-hybridized carbons (Fsp3) is 0.500. The molecule has 132 valence electrons. The second kappa shape index (κ2) is 7.55. The van der Waals surface area contributed by atoms with Gasteiger partial charge in [-0.25, -0.2) is 0 Å². The van der Waals surface area contributed by atoms with Crippen molar-refractivity contribution in [2.24, 2.45) is 16.1 Å². The van der Waals surface area contributed by atoms with E-state index >= 15 is 0 Å². The van der Waals surface area contributed by atoms with Gasteiger partial charge >= 0.3 is 5.97 Å². The summed E-state index contributed by atoms with van der Waals surface area (Å²) in [5.74, 6) is -0.287. The fourth-order valence-corrected chi connectivity index (χ4v) is 3.37. The van der Waals surface area contributed by atoms with Crippen LogP contribution in [0.4, 0.5) is 0 Å². The smallest absolute Gasteiger partial charge is 0.305 e. The molecule has 1 saturated heterocycles. The van der Waals surface area contributed by atoms with Crippen LogP contribution in [0, 0.1) is 5.92 Å². The first-order valence-corrected chi connectivity index (χ1v) is 8.47. The van der Waals surface area contributed by atoms with Gasteiger partial charge in [-0.3, -0.25) is 14.4 Å². The molecule has 7 heteroatoms. The number of amides is 2. The fourth-order valence-electron chi connectivity index (χ4n) is 3.37. The zero-order valence-electron chi connectivity index (χ0n) is 14.2. The summed E-state index contributed by atoms with van der Waals surface area (Å²) >= 11 is 0. The van der Waals surface area contributed by atoms with Gasteiger partial charge in [0.25, 0.3) is 5.91 Å². The number of hydrogen-bond acceptors (Lipinski definition) is 5. The van der Waals surface area contributed by atoms with Crippen molar-refractivity contribution in [1.29, 1.82) is 0 Å². The highest BCUT2D eigenvalue weighted by molar-refractivity contribution is 5.97. The normalized spacial score (nSPS) is 20.3. The van der Waals surface area contributed by atoms with Crippen LogP contribution < -0.4 is 0 Å². The summed E-state index contributed by atoms with van der Waals surface area (Å²) < 4.78 is 4.70. The van der Waals surface area contributed by atoms with E-state index in [1.807, 2.05) is 17.0 Å². The maximum Gasteiger partial charge on any atom is 0.305 e. The zero-order valence-corrected chi connectivity index (χ0v) is 14.2. The molecule has 0 saturated carbocycles. The summed E-state index contributed by atoms with van der Waals surface area (Å²) in [4.78, 5) is 37.5. The van der Waals surface area contributed by atoms with Crippen LogP contribution in [-0.4, -0.2) is 42.9 Å². The van der Waals surface area contributed by atoms with Crippen molar-refractivity contribution in [2.75, 3.05) is 20.2 Å². The molecule has 0 aromatic heterocycles. The van der Waals surface area contributed by atoms with Crippen molar-refractivity contribution in [2.45, 2.75) is 31.7 Å². The maximum atomic E-state index is 12.6. The molecule has 1 unspecified atom stereocenters. The minimum absolute atomic E-state index is 0.00428. The molecule has 2 aliphatic rings. The third kappa shape index (κ3) is 3.92. The molecular formula is C18H21N3O4. The van der Waals surface area contributed by atoms with E-state index in [1.165, 1.54) is 7.11 Å². The summed E-state index contributed by atoms with van der Waals surface area (Å²) in [5, 5.41) is 7.69. The quantitative estimate of drug-likeness (QED) is 0.786. The molecule has 7 nitrogen and oxygen atoms in total. The van der Waals surface area contributed by atoms with Crippen molar-refractivity contribution in [3.63, 3.8) is 0 Å². The van der Waals surface area contributed by atoms with Gasteiger partial charge in [0.05, 0.1) is 13.5 Å². The van der Waals surface area contributed by atoms with E-state index < -0.39 is 6.04 Å². The number of rotatable bonds is 4. The number of carbonyl (C=O) groups is 3. The molecule has 1 aromatic rings. The van der Waals surface area contributed by atoms with E-state index in [9.17, 15) is 14.4 Å². The SMILES string of the molecule is COC(=O)CC1CCN(C(=O)CC2N=NC(=O)c3ccccc32)CC1. The predicted molar refractivity (Wildman–Crippen MR) is 88.9 cm³/mol. The van der Waals surface area contributed by atoms with E-state index in [0.717, 1.165) is 18.4 Å². The van der Waals surface area contributed by atoms with Crippen molar-refractivity contribution >= 4 is 17.8 Å². The van der Waals surface area contributed by atoms with Crippen molar-refractivity contribution < 1.29 is 19.1 Å². The van der Waals surface area contributed by atoms with E-state index in [4.69, 9.17) is 4.74 Å². The van der Waals surface area contributed by atoms with Crippen LogP contribution in [0.2, 0.25) is 0 Å². The lowest BCUT2D eigenvalue weighted by atomic mass is 9.92. The number of piperidine rings is 1. The Hall–Kier alpha value is -2.57. The Labute approximate surface area is 146 Å². The Balaban J connectivity index is 1.58. The number of benzene rings is 1. The Morgan fingerprint density at radius 1 is 1.20 bits per heavy atom. The average molecular weight is 343 g/mol. The van der Waals surface area contributed by atoms with Crippen LogP contribution in [-0.2, 0) is 14.3 Å². The van der Waals surface area contributed by atoms with Gasteiger partial charge in [-0.15, -0.1) is 5.11 Å². The van der Waals surface area contributed by atoms with Crippen LogP contribution in [0.25, 0.3) is 0 Å². The molecule has 25 heavy (non-hydrogen) atoms. The number of hydrogen-bond donors (Lipinski definition) is 0. The summed E-state index contributed by atoms with van der Waals surface area (Å²) in [6.07, 6.45) is 2.20. The Kier molecular flexibility index (Phi) is 5.21. The number of carbonyl (C=O) groups excluding carboxylic acids is 3. The minimum atomic E-state index is -0.408. The lowest BCUT2D eigenvalue weighted by molar-refractivity contribution is -0.142. The van der Waals surface area contributed by atoms with Crippen molar-refractivity contribution in [3.8, 4) is 0 Å². The van der Waals surface area contributed by atoms with Crippen LogP contribution in [0.5, 0.6) is 0 Å². The largest absolute Gasteiger partial charge is 0.469 e. The highest BCUT2D eigenvalue weighted by Gasteiger charge is 2.29. The van der Waals surface area contributed by atoms with Gasteiger partial charge in [0, 0.05) is 25.1 Å². The number of ether oxygens (including phenoxy) is 1. The second-order valence-corrected chi connectivity index (χ2v) is 6.43. The highest BCUT2D eigenvalue weighted by Crippen LogP contribution is 2.31. The van der Waals surface area contributed by atoms with Crippen molar-refractivity contribution in [3.05, 3.63) is 35.4 Å². The molecule has 1 aromatic carbocycles. The van der Waals surface area contributed by atoms with Crippen LogP contribution in [0.3, 0.4) is 0 Å². The molecule has 0 N–H and O–H groups in total. The van der Waals surface area contributed by atoms with Crippen LogP contribution in [0.1, 0.15) is 47.6 Å². The van der Waals surface area contributed by atoms with Gasteiger partial charge in [-0.2, -0.15) is 5.11 Å². The number of methoxy groups -OCH3 is 1. The first-order chi connectivity index (χ1) is 12.1. The first kappa shape index (κ1) is 17.3. The molecule has 2 amide bonds. The van der Waals surface area contributed by atoms with Gasteiger partial charge < -0.3 is 9.64 Å². The molecule has 1 atom stereocenters. The maximum absolute atomic E-state index is 12.6. The molecule has 2 aliphatic heterocycles. The molecule has 0 aliphatic carbocycles. The van der Waals surface area contributed by atoms with Gasteiger partial charge in [0.1, 0.15) is 6.04 Å². The Bertz CT molecular complexity index is 708. The number of esters is 1. The highest BCUT2D eigenvalue weighted by atomic mass is 16.5. The number of likely N-dealkylation sites (tertiary alicyclic amines) is 1. The molecule has 2 heterocycles. The molecule has 0 spiro atoms. The van der Waals surface area contributed by atoms with Crippen LogP contribution >= 0.6 is 0 Å². The Morgan fingerprint density at radius 3 is 2.64 bits per heavy atom. The van der Waals surface area contributed by atoms with Gasteiger partial charge in [0.2, 0.25) is 5.91 Å². The molecule has 3 rings (SSSR count). The van der Waals surface area contributed by atoms with E-state index in [2.05, 4.69) is 10.2 Å². The van der Waals surface area contributed by atoms with Crippen LogP contribution in [0.15, 0.2) is 34.5 Å². The molecule has 1 fully saturated rings. The number of azo groups is 1.